The van der Waals surface area contributed by atoms with Crippen molar-refractivity contribution in [3.05, 3.63) is 11.6 Å². The lowest BCUT2D eigenvalue weighted by Gasteiger charge is -2.31. The van der Waals surface area contributed by atoms with Gasteiger partial charge in [-0.2, -0.15) is 5.26 Å². The molecule has 0 spiro atoms. The number of rotatable bonds is 0. The Morgan fingerprint density at radius 3 is 2.78 bits per heavy atom. The van der Waals surface area contributed by atoms with Crippen molar-refractivity contribution in [3.63, 3.8) is 0 Å². The summed E-state index contributed by atoms with van der Waals surface area (Å²) in [6.45, 7) is 4.16. The zero-order valence-corrected chi connectivity index (χ0v) is 5.89. The molecule has 0 radical (unpaired) electrons. The van der Waals surface area contributed by atoms with Crippen molar-refractivity contribution in [2.24, 2.45) is 11.8 Å². The van der Waals surface area contributed by atoms with Crippen LogP contribution < -0.4 is 0 Å². The van der Waals surface area contributed by atoms with E-state index in [9.17, 15) is 0 Å². The van der Waals surface area contributed by atoms with E-state index >= 15 is 0 Å². The first-order valence-corrected chi connectivity index (χ1v) is 3.34. The van der Waals surface area contributed by atoms with Gasteiger partial charge in [0, 0.05) is 0 Å². The number of hydrogen-bond acceptors (Lipinski definition) is 1. The molecule has 1 aliphatic carbocycles. The predicted octanol–water partition coefficient (Wildman–Crippen LogP) is 2.11. The van der Waals surface area contributed by atoms with Gasteiger partial charge in [-0.05, 0) is 19.3 Å². The summed E-state index contributed by atoms with van der Waals surface area (Å²) >= 11 is 0. The fourth-order valence-corrected chi connectivity index (χ4v) is 1.25. The Balaban J connectivity index is 2.54. The summed E-state index contributed by atoms with van der Waals surface area (Å²) in [5, 5.41) is 8.49. The van der Waals surface area contributed by atoms with E-state index in [2.05, 4.69) is 19.1 Å². The Morgan fingerprint density at radius 1 is 1.78 bits per heavy atom. The molecule has 0 saturated heterocycles. The van der Waals surface area contributed by atoms with Crippen LogP contribution in [0.2, 0.25) is 0 Å². The molecule has 1 aliphatic rings. The van der Waals surface area contributed by atoms with Crippen molar-refractivity contribution in [2.75, 3.05) is 0 Å². The SMILES string of the molecule is C/C=C1\C[C@H](C#N)[C@H]1C. The second-order valence-electron chi connectivity index (χ2n) is 2.59. The molecule has 1 nitrogen and oxygen atoms in total. The Morgan fingerprint density at radius 2 is 2.44 bits per heavy atom. The zero-order valence-electron chi connectivity index (χ0n) is 5.89. The number of nitriles is 1. The lowest BCUT2D eigenvalue weighted by atomic mass is 9.71. The van der Waals surface area contributed by atoms with Crippen LogP contribution in [-0.2, 0) is 0 Å². The Kier molecular flexibility index (Phi) is 1.57. The maximum absolute atomic E-state index is 8.49. The van der Waals surface area contributed by atoms with Crippen LogP contribution in [-0.4, -0.2) is 0 Å². The smallest absolute Gasteiger partial charge is 0.0665 e. The zero-order chi connectivity index (χ0) is 6.85. The minimum absolute atomic E-state index is 0.302. The fraction of sp³-hybridized carbons (Fsp3) is 0.625. The van der Waals surface area contributed by atoms with Crippen LogP contribution >= 0.6 is 0 Å². The van der Waals surface area contributed by atoms with Crippen molar-refractivity contribution in [2.45, 2.75) is 20.3 Å². The summed E-state index contributed by atoms with van der Waals surface area (Å²) in [5.74, 6) is 0.830. The molecule has 9 heavy (non-hydrogen) atoms. The van der Waals surface area contributed by atoms with Gasteiger partial charge in [0.15, 0.2) is 0 Å². The maximum Gasteiger partial charge on any atom is 0.0665 e. The molecular weight excluding hydrogens is 110 g/mol. The summed E-state index contributed by atoms with van der Waals surface area (Å²) < 4.78 is 0. The standard InChI is InChI=1S/C8H11N/c1-3-7-4-8(5-9)6(7)2/h3,6,8H,4H2,1-2H3/b7-3+/t6-,8+/m0/s1. The quantitative estimate of drug-likeness (QED) is 0.450. The van der Waals surface area contributed by atoms with Gasteiger partial charge >= 0.3 is 0 Å². The van der Waals surface area contributed by atoms with Crippen LogP contribution in [0.5, 0.6) is 0 Å². The van der Waals surface area contributed by atoms with Crippen LogP contribution in [0.4, 0.5) is 0 Å². The number of allylic oxidation sites excluding steroid dienone is 2. The molecule has 1 saturated carbocycles. The van der Waals surface area contributed by atoms with Gasteiger partial charge in [0.2, 0.25) is 0 Å². The molecule has 0 N–H and O–H groups in total. The van der Waals surface area contributed by atoms with Gasteiger partial charge < -0.3 is 0 Å². The second kappa shape index (κ2) is 2.23. The van der Waals surface area contributed by atoms with Crippen LogP contribution in [0.3, 0.4) is 0 Å². The Hall–Kier alpha value is -0.770. The largest absolute Gasteiger partial charge is 0.198 e. The van der Waals surface area contributed by atoms with E-state index in [0.717, 1.165) is 6.42 Å². The average molecular weight is 121 g/mol. The maximum atomic E-state index is 8.49. The fourth-order valence-electron chi connectivity index (χ4n) is 1.25. The first kappa shape index (κ1) is 6.35. The van der Waals surface area contributed by atoms with Crippen LogP contribution in [0.15, 0.2) is 11.6 Å². The summed E-state index contributed by atoms with van der Waals surface area (Å²) in [6, 6.07) is 2.27. The van der Waals surface area contributed by atoms with E-state index in [0.29, 0.717) is 11.8 Å². The van der Waals surface area contributed by atoms with E-state index in [1.165, 1.54) is 5.57 Å². The third kappa shape index (κ3) is 0.853. The molecular formula is C8H11N. The van der Waals surface area contributed by atoms with Crippen molar-refractivity contribution in [1.82, 2.24) is 0 Å². The minimum Gasteiger partial charge on any atom is -0.198 e. The monoisotopic (exact) mass is 121 g/mol. The molecule has 0 aromatic carbocycles. The van der Waals surface area contributed by atoms with Crippen LogP contribution in [0, 0.1) is 23.2 Å². The molecule has 1 rings (SSSR count). The molecule has 1 fully saturated rings. The minimum atomic E-state index is 0.302. The van der Waals surface area contributed by atoms with E-state index < -0.39 is 0 Å². The molecule has 1 heteroatoms. The molecule has 0 amide bonds. The summed E-state index contributed by atoms with van der Waals surface area (Å²) in [6.07, 6.45) is 3.13. The van der Waals surface area contributed by atoms with Crippen LogP contribution in [0.1, 0.15) is 20.3 Å². The highest BCUT2D eigenvalue weighted by Crippen LogP contribution is 2.38. The van der Waals surface area contributed by atoms with Gasteiger partial charge in [-0.25, -0.2) is 0 Å². The lowest BCUT2D eigenvalue weighted by Crippen LogP contribution is -2.24. The summed E-state index contributed by atoms with van der Waals surface area (Å²) in [5.41, 5.74) is 1.45. The predicted molar refractivity (Wildman–Crippen MR) is 36.6 cm³/mol. The highest BCUT2D eigenvalue weighted by Gasteiger charge is 2.30. The molecule has 0 aromatic heterocycles. The van der Waals surface area contributed by atoms with Gasteiger partial charge in [0.05, 0.1) is 12.0 Å². The first-order chi connectivity index (χ1) is 4.29. The van der Waals surface area contributed by atoms with Crippen molar-refractivity contribution in [1.29, 1.82) is 5.26 Å². The van der Waals surface area contributed by atoms with Crippen molar-refractivity contribution in [3.8, 4) is 6.07 Å². The van der Waals surface area contributed by atoms with E-state index in [-0.39, 0.29) is 0 Å². The van der Waals surface area contributed by atoms with E-state index in [1.54, 1.807) is 0 Å². The Labute approximate surface area is 56.0 Å². The molecule has 0 bridgehead atoms. The van der Waals surface area contributed by atoms with Gasteiger partial charge in [-0.3, -0.25) is 0 Å². The first-order valence-electron chi connectivity index (χ1n) is 3.34. The third-order valence-electron chi connectivity index (χ3n) is 2.18. The van der Waals surface area contributed by atoms with Crippen molar-refractivity contribution < 1.29 is 0 Å². The number of nitrogens with zero attached hydrogens (tertiary/aromatic N) is 1. The van der Waals surface area contributed by atoms with E-state index in [4.69, 9.17) is 5.26 Å². The normalized spacial score (nSPS) is 37.7. The highest BCUT2D eigenvalue weighted by molar-refractivity contribution is 5.21. The van der Waals surface area contributed by atoms with Crippen LogP contribution in [0.25, 0.3) is 0 Å². The molecule has 0 heterocycles. The summed E-state index contributed by atoms with van der Waals surface area (Å²) in [4.78, 5) is 0. The third-order valence-corrected chi connectivity index (χ3v) is 2.18. The molecule has 48 valence electrons. The average Bonchev–Trinajstić information content (AvgIpc) is 1.87. The van der Waals surface area contributed by atoms with Gasteiger partial charge in [-0.15, -0.1) is 0 Å². The molecule has 0 unspecified atom stereocenters. The number of hydrogen-bond donors (Lipinski definition) is 0. The van der Waals surface area contributed by atoms with Gasteiger partial charge in [0.1, 0.15) is 0 Å². The molecule has 0 aliphatic heterocycles. The highest BCUT2D eigenvalue weighted by atomic mass is 14.4. The Bertz CT molecular complexity index is 173. The molecule has 0 aromatic rings. The topological polar surface area (TPSA) is 23.8 Å². The molecule has 2 atom stereocenters. The second-order valence-corrected chi connectivity index (χ2v) is 2.59. The van der Waals surface area contributed by atoms with E-state index in [1.807, 2.05) is 6.92 Å². The van der Waals surface area contributed by atoms with Gasteiger partial charge in [0.25, 0.3) is 0 Å². The van der Waals surface area contributed by atoms with Crippen molar-refractivity contribution >= 4 is 0 Å². The summed E-state index contributed by atoms with van der Waals surface area (Å²) in [7, 11) is 0. The lowest BCUT2D eigenvalue weighted by molar-refractivity contribution is 0.376. The van der Waals surface area contributed by atoms with Gasteiger partial charge in [-0.1, -0.05) is 18.6 Å².